The molecule has 0 spiro atoms. The zero-order valence-electron chi connectivity index (χ0n) is 25.2. The second kappa shape index (κ2) is 11.8. The third kappa shape index (κ3) is 5.90. The number of imidazole rings is 1. The van der Waals surface area contributed by atoms with Crippen molar-refractivity contribution in [2.24, 2.45) is 17.0 Å². The van der Waals surface area contributed by atoms with E-state index in [1.165, 1.54) is 12.1 Å². The fourth-order valence-corrected chi connectivity index (χ4v) is 5.77. The molecule has 222 valence electrons. The number of nitrogens with zero attached hydrogens (tertiary/aromatic N) is 6. The van der Waals surface area contributed by atoms with Crippen molar-refractivity contribution in [1.29, 1.82) is 0 Å². The lowest BCUT2D eigenvalue weighted by Crippen LogP contribution is -2.51. The summed E-state index contributed by atoms with van der Waals surface area (Å²) in [6.45, 7) is 14.1. The number of amides is 1. The SMILES string of the molecule is C=CC(=O)N1CC[C@H](c2ccc(N=C)c(C(=NC)Nc3ccc(Oc4cc(F)c5c(c4)ncn5C)c(C)c3)n2)CC1(C)C. The maximum Gasteiger partial charge on any atom is 0.246 e. The highest BCUT2D eigenvalue weighted by atomic mass is 19.1. The van der Waals surface area contributed by atoms with Crippen molar-refractivity contribution in [2.75, 3.05) is 18.9 Å². The van der Waals surface area contributed by atoms with Crippen molar-refractivity contribution in [3.05, 3.63) is 84.2 Å². The van der Waals surface area contributed by atoms with Crippen molar-refractivity contribution in [3.63, 3.8) is 0 Å². The number of aromatic nitrogens is 3. The van der Waals surface area contributed by atoms with Crippen LogP contribution >= 0.6 is 0 Å². The van der Waals surface area contributed by atoms with Crippen LogP contribution in [0.4, 0.5) is 15.8 Å². The van der Waals surface area contributed by atoms with E-state index in [2.05, 4.69) is 47.4 Å². The Kier molecular flexibility index (Phi) is 8.12. The van der Waals surface area contributed by atoms with Gasteiger partial charge in [0.1, 0.15) is 22.7 Å². The van der Waals surface area contributed by atoms with Gasteiger partial charge in [0, 0.05) is 55.6 Å². The van der Waals surface area contributed by atoms with E-state index in [-0.39, 0.29) is 17.4 Å². The van der Waals surface area contributed by atoms with Crippen LogP contribution in [-0.4, -0.2) is 57.0 Å². The predicted octanol–water partition coefficient (Wildman–Crippen LogP) is 6.70. The smallest absolute Gasteiger partial charge is 0.246 e. The summed E-state index contributed by atoms with van der Waals surface area (Å²) in [7, 11) is 3.44. The van der Waals surface area contributed by atoms with Gasteiger partial charge in [-0.25, -0.2) is 14.4 Å². The molecular weight excluding hydrogens is 545 g/mol. The number of carbonyl (C=O) groups excluding carboxylic acids is 1. The molecule has 1 amide bonds. The van der Waals surface area contributed by atoms with Crippen LogP contribution in [0, 0.1) is 12.7 Å². The highest BCUT2D eigenvalue weighted by Crippen LogP contribution is 2.38. The summed E-state index contributed by atoms with van der Waals surface area (Å²) in [6.07, 6.45) is 4.51. The van der Waals surface area contributed by atoms with Crippen LogP contribution in [0.1, 0.15) is 49.6 Å². The number of aryl methyl sites for hydroxylation is 2. The lowest BCUT2D eigenvalue weighted by atomic mass is 9.80. The number of pyridine rings is 1. The first-order valence-electron chi connectivity index (χ1n) is 14.1. The van der Waals surface area contributed by atoms with E-state index in [1.807, 2.05) is 42.2 Å². The number of anilines is 1. The van der Waals surface area contributed by atoms with E-state index in [0.717, 1.165) is 29.8 Å². The van der Waals surface area contributed by atoms with Gasteiger partial charge in [0.05, 0.1) is 17.5 Å². The molecule has 9 nitrogen and oxygen atoms in total. The lowest BCUT2D eigenvalue weighted by molar-refractivity contribution is -0.133. The molecule has 1 N–H and O–H groups in total. The number of ether oxygens (including phenoxy) is 1. The molecule has 0 bridgehead atoms. The van der Waals surface area contributed by atoms with Crippen LogP contribution < -0.4 is 10.1 Å². The topological polar surface area (TPSA) is 97.0 Å². The summed E-state index contributed by atoms with van der Waals surface area (Å²) < 4.78 is 22.3. The molecule has 10 heteroatoms. The number of piperidine rings is 1. The summed E-state index contributed by atoms with van der Waals surface area (Å²) in [5, 5.41) is 3.37. The molecule has 1 aliphatic heterocycles. The molecule has 5 rings (SSSR count). The Morgan fingerprint density at radius 2 is 2.02 bits per heavy atom. The molecule has 0 unspecified atom stereocenters. The van der Waals surface area contributed by atoms with Crippen molar-refractivity contribution < 1.29 is 13.9 Å². The van der Waals surface area contributed by atoms with Crippen LogP contribution in [0.5, 0.6) is 11.5 Å². The van der Waals surface area contributed by atoms with Crippen LogP contribution in [0.2, 0.25) is 0 Å². The van der Waals surface area contributed by atoms with Gasteiger partial charge in [-0.2, -0.15) is 0 Å². The minimum Gasteiger partial charge on any atom is -0.457 e. The summed E-state index contributed by atoms with van der Waals surface area (Å²) >= 11 is 0. The van der Waals surface area contributed by atoms with Gasteiger partial charge in [-0.3, -0.25) is 14.8 Å². The van der Waals surface area contributed by atoms with E-state index in [4.69, 9.17) is 9.72 Å². The number of benzene rings is 2. The minimum absolute atomic E-state index is 0.0546. The maximum absolute atomic E-state index is 14.7. The van der Waals surface area contributed by atoms with Gasteiger partial charge < -0.3 is 19.5 Å². The maximum atomic E-state index is 14.7. The number of hydrogen-bond donors (Lipinski definition) is 1. The van der Waals surface area contributed by atoms with Gasteiger partial charge in [-0.1, -0.05) is 6.58 Å². The van der Waals surface area contributed by atoms with Crippen molar-refractivity contribution >= 4 is 40.9 Å². The number of aliphatic imine (C=N–C) groups is 2. The number of halogens is 1. The highest BCUT2D eigenvalue weighted by Gasteiger charge is 2.38. The first-order valence-corrected chi connectivity index (χ1v) is 14.1. The summed E-state index contributed by atoms with van der Waals surface area (Å²) in [4.78, 5) is 32.2. The zero-order chi connectivity index (χ0) is 30.9. The monoisotopic (exact) mass is 581 g/mol. The number of nitrogens with one attached hydrogen (secondary N) is 1. The average molecular weight is 582 g/mol. The van der Waals surface area contributed by atoms with Crippen molar-refractivity contribution in [1.82, 2.24) is 19.4 Å². The van der Waals surface area contributed by atoms with Crippen molar-refractivity contribution in [2.45, 2.75) is 45.1 Å². The van der Waals surface area contributed by atoms with E-state index in [9.17, 15) is 9.18 Å². The first kappa shape index (κ1) is 29.6. The van der Waals surface area contributed by atoms with Crippen LogP contribution in [0.3, 0.4) is 0 Å². The van der Waals surface area contributed by atoms with Gasteiger partial charge in [0.15, 0.2) is 11.7 Å². The first-order chi connectivity index (χ1) is 20.5. The van der Waals surface area contributed by atoms with Gasteiger partial charge in [-0.05, 0) is 82.3 Å². The Labute approximate surface area is 250 Å². The molecule has 4 aromatic rings. The fraction of sp³-hybridized carbons (Fsp3) is 0.303. The van der Waals surface area contributed by atoms with Gasteiger partial charge >= 0.3 is 0 Å². The number of likely N-dealkylation sites (tertiary alicyclic amines) is 1. The standard InChI is InChI=1S/C33H36FN7O2/c1-8-29(42)41-14-13-21(18-33(41,3)4)25-10-11-26(35-5)30(39-25)32(36-6)38-22-9-12-28(20(2)15-22)43-23-16-24(34)31-27(17-23)37-19-40(31)7/h8-12,15-17,19,21H,1,5,13-14,18H2,2-4,6-7H3,(H,36,38)/t21-/m0/s1. The van der Waals surface area contributed by atoms with Crippen molar-refractivity contribution in [3.8, 4) is 11.5 Å². The van der Waals surface area contributed by atoms with E-state index in [1.54, 1.807) is 31.1 Å². The van der Waals surface area contributed by atoms with E-state index in [0.29, 0.717) is 46.3 Å². The highest BCUT2D eigenvalue weighted by molar-refractivity contribution is 6.10. The summed E-state index contributed by atoms with van der Waals surface area (Å²) in [5.74, 6) is 1.21. The van der Waals surface area contributed by atoms with Gasteiger partial charge in [0.2, 0.25) is 5.91 Å². The van der Waals surface area contributed by atoms with Gasteiger partial charge in [0.25, 0.3) is 0 Å². The Morgan fingerprint density at radius 3 is 2.70 bits per heavy atom. The number of rotatable bonds is 7. The minimum atomic E-state index is -0.395. The number of carbonyl (C=O) groups is 1. The summed E-state index contributed by atoms with van der Waals surface area (Å²) in [6, 6.07) is 12.6. The third-order valence-corrected chi connectivity index (χ3v) is 7.96. The second-order valence-corrected chi connectivity index (χ2v) is 11.4. The molecule has 1 atom stereocenters. The van der Waals surface area contributed by atoms with Gasteiger partial charge in [-0.15, -0.1) is 0 Å². The van der Waals surface area contributed by atoms with Crippen LogP contribution in [0.15, 0.2) is 71.4 Å². The normalized spacial score (nSPS) is 16.7. The number of hydrogen-bond acceptors (Lipinski definition) is 6. The second-order valence-electron chi connectivity index (χ2n) is 11.4. The molecule has 3 heterocycles. The molecule has 43 heavy (non-hydrogen) atoms. The lowest BCUT2D eigenvalue weighted by Gasteiger charge is -2.45. The van der Waals surface area contributed by atoms with Crippen LogP contribution in [-0.2, 0) is 11.8 Å². The fourth-order valence-electron chi connectivity index (χ4n) is 5.77. The zero-order valence-corrected chi connectivity index (χ0v) is 25.2. The van der Waals surface area contributed by atoms with E-state index >= 15 is 0 Å². The molecule has 2 aromatic carbocycles. The molecule has 1 saturated heterocycles. The number of fused-ring (bicyclic) bond motifs is 1. The Balaban J connectivity index is 1.36. The Morgan fingerprint density at radius 1 is 1.23 bits per heavy atom. The Hall–Kier alpha value is -4.86. The molecule has 1 fully saturated rings. The Bertz CT molecular complexity index is 1760. The van der Waals surface area contributed by atoms with Crippen LogP contribution in [0.25, 0.3) is 11.0 Å². The third-order valence-electron chi connectivity index (χ3n) is 7.96. The average Bonchev–Trinajstić information content (AvgIpc) is 3.36. The molecule has 0 radical (unpaired) electrons. The van der Waals surface area contributed by atoms with E-state index < -0.39 is 5.82 Å². The molecule has 2 aromatic heterocycles. The largest absolute Gasteiger partial charge is 0.457 e. The molecule has 0 aliphatic carbocycles. The number of amidine groups is 1. The molecular formula is C33H36FN7O2. The molecule has 0 saturated carbocycles. The predicted molar refractivity (Wildman–Crippen MR) is 169 cm³/mol. The molecule has 1 aliphatic rings. The summed E-state index contributed by atoms with van der Waals surface area (Å²) in [5.41, 5.74) is 4.36. The quantitative estimate of drug-likeness (QED) is 0.149.